The van der Waals surface area contributed by atoms with Crippen LogP contribution in [0.15, 0.2) is 6.33 Å². The van der Waals surface area contributed by atoms with Gasteiger partial charge < -0.3 is 10.3 Å². The van der Waals surface area contributed by atoms with Gasteiger partial charge in [0.25, 0.3) is 5.91 Å². The number of nitrogens with zero attached hydrogens (tertiary/aromatic N) is 2. The van der Waals surface area contributed by atoms with Gasteiger partial charge >= 0.3 is 0 Å². The molecule has 0 aromatic carbocycles. The molecule has 0 bridgehead atoms. The molecule has 0 aliphatic carbocycles. The molecule has 0 spiro atoms. The Bertz CT molecular complexity index is 358. The van der Waals surface area contributed by atoms with E-state index in [0.717, 1.165) is 0 Å². The van der Waals surface area contributed by atoms with Gasteiger partial charge in [-0.1, -0.05) is 0 Å². The minimum atomic E-state index is -0.300. The Morgan fingerprint density at radius 1 is 1.57 bits per heavy atom. The van der Waals surface area contributed by atoms with Crippen LogP contribution in [0.4, 0.5) is 5.82 Å². The normalized spacial score (nSPS) is 9.64. The number of amides is 2. The number of H-pyrrole nitrogens is 1. The van der Waals surface area contributed by atoms with E-state index < -0.39 is 0 Å². The molecule has 0 saturated heterocycles. The molecule has 6 nitrogen and oxygen atoms in total. The van der Waals surface area contributed by atoms with E-state index in [0.29, 0.717) is 5.82 Å². The summed E-state index contributed by atoms with van der Waals surface area (Å²) in [6.45, 7) is 1.41. The first-order chi connectivity index (χ1) is 6.57. The largest absolute Gasteiger partial charge is 0.354 e. The minimum Gasteiger partial charge on any atom is -0.354 e. The zero-order valence-electron chi connectivity index (χ0n) is 8.29. The molecule has 0 unspecified atom stereocenters. The van der Waals surface area contributed by atoms with E-state index in [1.54, 1.807) is 7.05 Å². The number of nitrogens with one attached hydrogen (secondary N) is 2. The highest BCUT2D eigenvalue weighted by molar-refractivity contribution is 6.01. The van der Waals surface area contributed by atoms with Gasteiger partial charge in [0, 0.05) is 21.0 Å². The molecule has 1 rings (SSSR count). The maximum absolute atomic E-state index is 11.3. The second-order valence-electron chi connectivity index (χ2n) is 2.76. The summed E-state index contributed by atoms with van der Waals surface area (Å²) in [4.78, 5) is 30.2. The van der Waals surface area contributed by atoms with Crippen molar-refractivity contribution in [1.29, 1.82) is 0 Å². The number of anilines is 1. The van der Waals surface area contributed by atoms with Crippen molar-refractivity contribution in [3.63, 3.8) is 0 Å². The molecule has 1 aromatic rings. The SMILES string of the molecule is CNC(=O)c1[nH]cnc1N(C)C(C)=O. The predicted octanol–water partition coefficient (Wildman–Crippen LogP) is -0.248. The fourth-order valence-corrected chi connectivity index (χ4v) is 0.983. The van der Waals surface area contributed by atoms with Crippen LogP contribution in [0.3, 0.4) is 0 Å². The van der Waals surface area contributed by atoms with Crippen LogP contribution in [0.2, 0.25) is 0 Å². The predicted molar refractivity (Wildman–Crippen MR) is 51.1 cm³/mol. The van der Waals surface area contributed by atoms with Gasteiger partial charge in [-0.25, -0.2) is 4.98 Å². The standard InChI is InChI=1S/C8H12N4O2/c1-5(13)12(3)7-6(8(14)9-2)10-4-11-7/h4H,1-3H3,(H,9,14)(H,10,11). The van der Waals surface area contributed by atoms with Gasteiger partial charge in [0.05, 0.1) is 6.33 Å². The van der Waals surface area contributed by atoms with E-state index in [4.69, 9.17) is 0 Å². The Hall–Kier alpha value is -1.85. The highest BCUT2D eigenvalue weighted by Crippen LogP contribution is 2.13. The fraction of sp³-hybridized carbons (Fsp3) is 0.375. The van der Waals surface area contributed by atoms with Crippen molar-refractivity contribution in [1.82, 2.24) is 15.3 Å². The third kappa shape index (κ3) is 1.73. The zero-order valence-corrected chi connectivity index (χ0v) is 8.29. The Labute approximate surface area is 81.3 Å². The van der Waals surface area contributed by atoms with E-state index in [1.165, 1.54) is 25.2 Å². The number of hydrogen-bond acceptors (Lipinski definition) is 3. The van der Waals surface area contributed by atoms with Crippen LogP contribution in [0.1, 0.15) is 17.4 Å². The monoisotopic (exact) mass is 196 g/mol. The Morgan fingerprint density at radius 2 is 2.21 bits per heavy atom. The Kier molecular flexibility index (Phi) is 2.85. The molecule has 0 fully saturated rings. The van der Waals surface area contributed by atoms with Gasteiger partial charge in [-0.15, -0.1) is 0 Å². The van der Waals surface area contributed by atoms with Crippen molar-refractivity contribution in [2.24, 2.45) is 0 Å². The topological polar surface area (TPSA) is 78.1 Å². The zero-order chi connectivity index (χ0) is 10.7. The molecule has 1 aromatic heterocycles. The smallest absolute Gasteiger partial charge is 0.271 e. The lowest BCUT2D eigenvalue weighted by atomic mass is 10.4. The number of aromatic amines is 1. The third-order valence-corrected chi connectivity index (χ3v) is 1.86. The molecule has 0 atom stereocenters. The maximum atomic E-state index is 11.3. The Morgan fingerprint density at radius 3 is 2.71 bits per heavy atom. The third-order valence-electron chi connectivity index (χ3n) is 1.86. The summed E-state index contributed by atoms with van der Waals surface area (Å²) in [7, 11) is 3.08. The minimum absolute atomic E-state index is 0.178. The van der Waals surface area contributed by atoms with Crippen LogP contribution in [0.25, 0.3) is 0 Å². The Balaban J connectivity index is 3.04. The van der Waals surface area contributed by atoms with Crippen LogP contribution in [0.5, 0.6) is 0 Å². The van der Waals surface area contributed by atoms with Gasteiger partial charge in [-0.3, -0.25) is 14.5 Å². The lowest BCUT2D eigenvalue weighted by molar-refractivity contribution is -0.116. The summed E-state index contributed by atoms with van der Waals surface area (Å²) in [5.74, 6) is -0.148. The van der Waals surface area contributed by atoms with E-state index in [-0.39, 0.29) is 17.5 Å². The summed E-state index contributed by atoms with van der Waals surface area (Å²) in [5, 5.41) is 2.45. The molecular formula is C8H12N4O2. The van der Waals surface area contributed by atoms with Crippen LogP contribution >= 0.6 is 0 Å². The van der Waals surface area contributed by atoms with Crippen LogP contribution in [-0.4, -0.2) is 35.9 Å². The van der Waals surface area contributed by atoms with E-state index in [9.17, 15) is 9.59 Å². The summed E-state index contributed by atoms with van der Waals surface area (Å²) < 4.78 is 0. The molecule has 1 heterocycles. The molecule has 0 radical (unpaired) electrons. The molecule has 0 aliphatic rings. The number of aromatic nitrogens is 2. The first-order valence-corrected chi connectivity index (χ1v) is 4.07. The van der Waals surface area contributed by atoms with Crippen molar-refractivity contribution in [3.8, 4) is 0 Å². The molecule has 6 heteroatoms. The van der Waals surface area contributed by atoms with E-state index >= 15 is 0 Å². The molecule has 2 amide bonds. The molecule has 0 aliphatic heterocycles. The van der Waals surface area contributed by atoms with Crippen LogP contribution in [-0.2, 0) is 4.79 Å². The van der Waals surface area contributed by atoms with Gasteiger partial charge in [0.1, 0.15) is 5.69 Å². The van der Waals surface area contributed by atoms with E-state index in [1.807, 2.05) is 0 Å². The van der Waals surface area contributed by atoms with Crippen molar-refractivity contribution >= 4 is 17.6 Å². The molecule has 14 heavy (non-hydrogen) atoms. The number of carbonyl (C=O) groups excluding carboxylic acids is 2. The van der Waals surface area contributed by atoms with Crippen LogP contribution < -0.4 is 10.2 Å². The van der Waals surface area contributed by atoms with Gasteiger partial charge in [-0.05, 0) is 0 Å². The lowest BCUT2D eigenvalue weighted by Gasteiger charge is -2.12. The second kappa shape index (κ2) is 3.91. The number of carbonyl (C=O) groups is 2. The first kappa shape index (κ1) is 10.2. The molecule has 2 N–H and O–H groups in total. The summed E-state index contributed by atoms with van der Waals surface area (Å²) >= 11 is 0. The fourth-order valence-electron chi connectivity index (χ4n) is 0.983. The quantitative estimate of drug-likeness (QED) is 0.684. The molecular weight excluding hydrogens is 184 g/mol. The lowest BCUT2D eigenvalue weighted by Crippen LogP contribution is -2.27. The van der Waals surface area contributed by atoms with Gasteiger partial charge in [-0.2, -0.15) is 0 Å². The number of imidazole rings is 1. The van der Waals surface area contributed by atoms with Crippen molar-refractivity contribution in [2.45, 2.75) is 6.92 Å². The highest BCUT2D eigenvalue weighted by Gasteiger charge is 2.18. The summed E-state index contributed by atoms with van der Waals surface area (Å²) in [5.41, 5.74) is 0.283. The number of hydrogen-bond donors (Lipinski definition) is 2. The maximum Gasteiger partial charge on any atom is 0.271 e. The average Bonchev–Trinajstić information content (AvgIpc) is 2.63. The highest BCUT2D eigenvalue weighted by atomic mass is 16.2. The summed E-state index contributed by atoms with van der Waals surface area (Å²) in [6.07, 6.45) is 1.37. The first-order valence-electron chi connectivity index (χ1n) is 4.07. The van der Waals surface area contributed by atoms with Gasteiger partial charge in [0.2, 0.25) is 5.91 Å². The van der Waals surface area contributed by atoms with Crippen LogP contribution in [0, 0.1) is 0 Å². The van der Waals surface area contributed by atoms with Crippen molar-refractivity contribution in [3.05, 3.63) is 12.0 Å². The average molecular weight is 196 g/mol. The van der Waals surface area contributed by atoms with E-state index in [2.05, 4.69) is 15.3 Å². The van der Waals surface area contributed by atoms with Gasteiger partial charge in [0.15, 0.2) is 5.82 Å². The second-order valence-corrected chi connectivity index (χ2v) is 2.76. The molecule has 0 saturated carbocycles. The van der Waals surface area contributed by atoms with Crippen molar-refractivity contribution in [2.75, 3.05) is 19.0 Å². The molecule has 76 valence electrons. The van der Waals surface area contributed by atoms with Crippen molar-refractivity contribution < 1.29 is 9.59 Å². The summed E-state index contributed by atoms with van der Waals surface area (Å²) in [6, 6.07) is 0. The number of rotatable bonds is 2.